The fraction of sp³-hybridized carbons (Fsp3) is 0.471. The molecule has 0 aliphatic heterocycles. The van der Waals surface area contributed by atoms with Gasteiger partial charge >= 0.3 is 0 Å². The van der Waals surface area contributed by atoms with Crippen LogP contribution >= 0.6 is 11.6 Å². The number of imidazole rings is 1. The molecule has 1 aromatic heterocycles. The minimum atomic E-state index is 0.513. The molecular formula is C17H22ClN3. The van der Waals surface area contributed by atoms with Gasteiger partial charge in [0.2, 0.25) is 0 Å². The van der Waals surface area contributed by atoms with Crippen LogP contribution in [0, 0.1) is 0 Å². The van der Waals surface area contributed by atoms with Gasteiger partial charge in [-0.05, 0) is 42.9 Å². The molecule has 1 heterocycles. The van der Waals surface area contributed by atoms with Crippen molar-refractivity contribution in [2.45, 2.75) is 37.6 Å². The van der Waals surface area contributed by atoms with E-state index in [1.165, 1.54) is 18.4 Å². The largest absolute Gasteiger partial charge is 0.338 e. The highest BCUT2D eigenvalue weighted by molar-refractivity contribution is 6.30. The zero-order valence-electron chi connectivity index (χ0n) is 12.4. The second-order valence-electron chi connectivity index (χ2n) is 5.92. The van der Waals surface area contributed by atoms with Gasteiger partial charge in [-0.1, -0.05) is 23.7 Å². The first-order valence-electron chi connectivity index (χ1n) is 7.67. The molecule has 112 valence electrons. The highest BCUT2D eigenvalue weighted by atomic mass is 35.5. The first kappa shape index (κ1) is 14.6. The summed E-state index contributed by atoms with van der Waals surface area (Å²) in [4.78, 5) is 4.42. The molecule has 3 rings (SSSR count). The van der Waals surface area contributed by atoms with Crippen molar-refractivity contribution in [3.8, 4) is 0 Å². The van der Waals surface area contributed by atoms with Gasteiger partial charge in [-0.2, -0.15) is 0 Å². The van der Waals surface area contributed by atoms with E-state index in [1.54, 1.807) is 0 Å². The van der Waals surface area contributed by atoms with Crippen molar-refractivity contribution in [1.82, 2.24) is 14.9 Å². The molecule has 0 spiro atoms. The Labute approximate surface area is 131 Å². The summed E-state index contributed by atoms with van der Waals surface area (Å²) in [5, 5.41) is 4.46. The molecule has 1 saturated carbocycles. The summed E-state index contributed by atoms with van der Waals surface area (Å²) in [6.45, 7) is 1.04. The predicted octanol–water partition coefficient (Wildman–Crippen LogP) is 3.54. The standard InChI is InChI=1S/C17H22ClN3/c1-21-11-10-19-17(21)9-4-14(12-20-16-7-8-16)13-2-5-15(18)6-3-13/h2-3,5-6,10-11,14,16,20H,4,7-9,12H2,1H3. The van der Waals surface area contributed by atoms with Crippen LogP contribution in [0.4, 0.5) is 0 Å². The lowest BCUT2D eigenvalue weighted by molar-refractivity contribution is 0.538. The minimum Gasteiger partial charge on any atom is -0.338 e. The molecule has 1 aromatic carbocycles. The SMILES string of the molecule is Cn1ccnc1CCC(CNC1CC1)c1ccc(Cl)cc1. The van der Waals surface area contributed by atoms with Gasteiger partial charge in [0.05, 0.1) is 0 Å². The third kappa shape index (κ3) is 4.08. The van der Waals surface area contributed by atoms with Crippen LogP contribution in [0.25, 0.3) is 0 Å². The topological polar surface area (TPSA) is 29.9 Å². The van der Waals surface area contributed by atoms with Crippen molar-refractivity contribution < 1.29 is 0 Å². The Hall–Kier alpha value is -1.32. The lowest BCUT2D eigenvalue weighted by Crippen LogP contribution is -2.24. The van der Waals surface area contributed by atoms with E-state index in [-0.39, 0.29) is 0 Å². The summed E-state index contributed by atoms with van der Waals surface area (Å²) < 4.78 is 2.10. The molecule has 1 atom stereocenters. The van der Waals surface area contributed by atoms with E-state index in [0.29, 0.717) is 5.92 Å². The molecule has 4 heteroatoms. The van der Waals surface area contributed by atoms with Gasteiger partial charge in [0, 0.05) is 43.5 Å². The lowest BCUT2D eigenvalue weighted by atomic mass is 9.94. The highest BCUT2D eigenvalue weighted by Crippen LogP contribution is 2.25. The number of hydrogen-bond acceptors (Lipinski definition) is 2. The van der Waals surface area contributed by atoms with Crippen LogP contribution < -0.4 is 5.32 Å². The molecule has 1 N–H and O–H groups in total. The molecule has 2 aromatic rings. The van der Waals surface area contributed by atoms with Gasteiger partial charge in [0.25, 0.3) is 0 Å². The summed E-state index contributed by atoms with van der Waals surface area (Å²) >= 11 is 6.00. The zero-order chi connectivity index (χ0) is 14.7. The zero-order valence-corrected chi connectivity index (χ0v) is 13.2. The second kappa shape index (κ2) is 6.63. The second-order valence-corrected chi connectivity index (χ2v) is 6.36. The molecule has 21 heavy (non-hydrogen) atoms. The van der Waals surface area contributed by atoms with Crippen LogP contribution in [0.2, 0.25) is 5.02 Å². The number of nitrogens with zero attached hydrogens (tertiary/aromatic N) is 2. The fourth-order valence-corrected chi connectivity index (χ4v) is 2.78. The summed E-state index contributed by atoms with van der Waals surface area (Å²) in [6.07, 6.45) is 8.64. The van der Waals surface area contributed by atoms with Crippen molar-refractivity contribution in [1.29, 1.82) is 0 Å². The monoisotopic (exact) mass is 303 g/mol. The Morgan fingerprint density at radius 1 is 1.33 bits per heavy atom. The van der Waals surface area contributed by atoms with Crippen LogP contribution in [0.1, 0.15) is 36.6 Å². The van der Waals surface area contributed by atoms with Gasteiger partial charge in [-0.3, -0.25) is 0 Å². The van der Waals surface area contributed by atoms with E-state index in [2.05, 4.69) is 34.0 Å². The van der Waals surface area contributed by atoms with Crippen molar-refractivity contribution in [3.63, 3.8) is 0 Å². The molecule has 3 nitrogen and oxygen atoms in total. The first-order valence-corrected chi connectivity index (χ1v) is 8.05. The molecule has 0 amide bonds. The van der Waals surface area contributed by atoms with E-state index in [4.69, 9.17) is 11.6 Å². The van der Waals surface area contributed by atoms with E-state index in [9.17, 15) is 0 Å². The quantitative estimate of drug-likeness (QED) is 0.848. The minimum absolute atomic E-state index is 0.513. The van der Waals surface area contributed by atoms with Gasteiger partial charge in [-0.25, -0.2) is 4.98 Å². The number of nitrogens with one attached hydrogen (secondary N) is 1. The smallest absolute Gasteiger partial charge is 0.108 e. The lowest BCUT2D eigenvalue weighted by Gasteiger charge is -2.18. The molecule has 1 aliphatic rings. The normalized spacial score (nSPS) is 16.1. The van der Waals surface area contributed by atoms with Crippen molar-refractivity contribution in [2.75, 3.05) is 6.54 Å². The third-order valence-corrected chi connectivity index (χ3v) is 4.46. The predicted molar refractivity (Wildman–Crippen MR) is 86.7 cm³/mol. The molecule has 0 saturated heterocycles. The summed E-state index contributed by atoms with van der Waals surface area (Å²) in [7, 11) is 2.06. The van der Waals surface area contributed by atoms with E-state index in [0.717, 1.165) is 36.3 Å². The Bertz CT molecular complexity index is 572. The Morgan fingerprint density at radius 2 is 2.10 bits per heavy atom. The van der Waals surface area contributed by atoms with E-state index >= 15 is 0 Å². The molecule has 1 fully saturated rings. The Morgan fingerprint density at radius 3 is 2.71 bits per heavy atom. The Kier molecular flexibility index (Phi) is 4.61. The number of halogens is 1. The van der Waals surface area contributed by atoms with Crippen molar-refractivity contribution in [2.24, 2.45) is 7.05 Å². The molecule has 0 radical (unpaired) electrons. The maximum absolute atomic E-state index is 6.00. The van der Waals surface area contributed by atoms with E-state index in [1.807, 2.05) is 24.5 Å². The van der Waals surface area contributed by atoms with Crippen LogP contribution in [0.3, 0.4) is 0 Å². The maximum Gasteiger partial charge on any atom is 0.108 e. The Balaban J connectivity index is 1.65. The summed E-state index contributed by atoms with van der Waals surface area (Å²) in [6, 6.07) is 9.02. The van der Waals surface area contributed by atoms with E-state index < -0.39 is 0 Å². The van der Waals surface area contributed by atoms with Gasteiger partial charge < -0.3 is 9.88 Å². The molecular weight excluding hydrogens is 282 g/mol. The summed E-state index contributed by atoms with van der Waals surface area (Å²) in [5.74, 6) is 1.67. The van der Waals surface area contributed by atoms with Crippen LogP contribution in [0.5, 0.6) is 0 Å². The molecule has 1 aliphatic carbocycles. The molecule has 1 unspecified atom stereocenters. The number of aryl methyl sites for hydroxylation is 2. The summed E-state index contributed by atoms with van der Waals surface area (Å²) in [5.41, 5.74) is 1.36. The number of hydrogen-bond donors (Lipinski definition) is 1. The first-order chi connectivity index (χ1) is 10.2. The molecule has 0 bridgehead atoms. The van der Waals surface area contributed by atoms with Gasteiger partial charge in [0.1, 0.15) is 5.82 Å². The van der Waals surface area contributed by atoms with Gasteiger partial charge in [0.15, 0.2) is 0 Å². The number of aromatic nitrogens is 2. The maximum atomic E-state index is 6.00. The highest BCUT2D eigenvalue weighted by Gasteiger charge is 2.22. The average molecular weight is 304 g/mol. The van der Waals surface area contributed by atoms with Crippen LogP contribution in [-0.4, -0.2) is 22.1 Å². The number of rotatable bonds is 7. The fourth-order valence-electron chi connectivity index (χ4n) is 2.66. The van der Waals surface area contributed by atoms with Crippen LogP contribution in [0.15, 0.2) is 36.7 Å². The number of benzene rings is 1. The average Bonchev–Trinajstić information content (AvgIpc) is 3.22. The third-order valence-electron chi connectivity index (χ3n) is 4.21. The van der Waals surface area contributed by atoms with Gasteiger partial charge in [-0.15, -0.1) is 0 Å². The van der Waals surface area contributed by atoms with Crippen molar-refractivity contribution >= 4 is 11.6 Å². The van der Waals surface area contributed by atoms with Crippen LogP contribution in [-0.2, 0) is 13.5 Å². The van der Waals surface area contributed by atoms with Crippen molar-refractivity contribution in [3.05, 3.63) is 53.1 Å².